The van der Waals surface area contributed by atoms with Crippen LogP contribution in [0.1, 0.15) is 17.7 Å². The van der Waals surface area contributed by atoms with Gasteiger partial charge in [-0.2, -0.15) is 18.6 Å². The molecule has 0 aliphatic heterocycles. The summed E-state index contributed by atoms with van der Waals surface area (Å²) in [6.45, 7) is 1.34. The van der Waals surface area contributed by atoms with E-state index in [4.69, 9.17) is 0 Å². The second kappa shape index (κ2) is 6.48. The van der Waals surface area contributed by atoms with Gasteiger partial charge in [-0.25, -0.2) is 8.78 Å². The number of hydrogen-bond donors (Lipinski definition) is 1. The minimum atomic E-state index is -4.32. The van der Waals surface area contributed by atoms with Crippen LogP contribution in [0.3, 0.4) is 0 Å². The highest BCUT2D eigenvalue weighted by Crippen LogP contribution is 2.32. The molecule has 3 aromatic rings. The van der Waals surface area contributed by atoms with Crippen molar-refractivity contribution < 1.29 is 17.2 Å². The number of aryl methyl sites for hydroxylation is 3. The van der Waals surface area contributed by atoms with Crippen molar-refractivity contribution in [2.24, 2.45) is 14.1 Å². The Morgan fingerprint density at radius 3 is 2.62 bits per heavy atom. The van der Waals surface area contributed by atoms with Gasteiger partial charge < -0.3 is 0 Å². The molecular formula is C15H16F2N6O2S. The standard InChI is InChI=1S/C15H16F2N6O2S/c1-9-12(14(16)17)15(23(3)20-9)26(24,25)21-11-5-4-6-18-13(11)10-7-19-22(2)8-10/h4-8,14,21H,1-3H3. The molecule has 0 spiro atoms. The summed E-state index contributed by atoms with van der Waals surface area (Å²) in [5.74, 6) is 0. The highest BCUT2D eigenvalue weighted by Gasteiger charge is 2.31. The molecule has 0 bridgehead atoms. The summed E-state index contributed by atoms with van der Waals surface area (Å²) in [5.41, 5.74) is 0.413. The Kier molecular flexibility index (Phi) is 4.48. The molecule has 0 unspecified atom stereocenters. The molecule has 11 heteroatoms. The van der Waals surface area contributed by atoms with Crippen LogP contribution >= 0.6 is 0 Å². The predicted octanol–water partition coefficient (Wildman–Crippen LogP) is 2.26. The number of aromatic nitrogens is 5. The van der Waals surface area contributed by atoms with Gasteiger partial charge in [0.1, 0.15) is 0 Å². The lowest BCUT2D eigenvalue weighted by molar-refractivity contribution is 0.146. The van der Waals surface area contributed by atoms with E-state index in [-0.39, 0.29) is 11.4 Å². The zero-order valence-electron chi connectivity index (χ0n) is 14.2. The van der Waals surface area contributed by atoms with Crippen molar-refractivity contribution in [2.75, 3.05) is 4.72 Å². The molecular weight excluding hydrogens is 366 g/mol. The number of alkyl halides is 2. The molecule has 0 aromatic carbocycles. The first-order valence-corrected chi connectivity index (χ1v) is 8.97. The van der Waals surface area contributed by atoms with Gasteiger partial charge in [0.15, 0.2) is 5.03 Å². The lowest BCUT2D eigenvalue weighted by atomic mass is 10.2. The number of nitrogens with one attached hydrogen (secondary N) is 1. The van der Waals surface area contributed by atoms with E-state index in [1.165, 1.54) is 32.4 Å². The maximum atomic E-state index is 13.3. The van der Waals surface area contributed by atoms with Crippen molar-refractivity contribution in [1.29, 1.82) is 0 Å². The molecule has 3 aromatic heterocycles. The molecule has 138 valence electrons. The Balaban J connectivity index is 2.08. The monoisotopic (exact) mass is 382 g/mol. The summed E-state index contributed by atoms with van der Waals surface area (Å²) in [6.07, 6.45) is 1.72. The molecule has 0 saturated heterocycles. The number of rotatable bonds is 5. The van der Waals surface area contributed by atoms with Crippen molar-refractivity contribution in [3.8, 4) is 11.3 Å². The van der Waals surface area contributed by atoms with Gasteiger partial charge in [0, 0.05) is 32.1 Å². The minimum Gasteiger partial charge on any atom is -0.276 e. The quantitative estimate of drug-likeness (QED) is 0.730. The molecule has 26 heavy (non-hydrogen) atoms. The molecule has 0 fully saturated rings. The van der Waals surface area contributed by atoms with Crippen LogP contribution in [0.2, 0.25) is 0 Å². The van der Waals surface area contributed by atoms with E-state index in [2.05, 4.69) is 19.9 Å². The van der Waals surface area contributed by atoms with E-state index in [0.717, 1.165) is 4.68 Å². The number of anilines is 1. The Morgan fingerprint density at radius 2 is 2.00 bits per heavy atom. The number of nitrogens with zero attached hydrogens (tertiary/aromatic N) is 5. The molecule has 0 aliphatic carbocycles. The van der Waals surface area contributed by atoms with Crippen LogP contribution in [-0.2, 0) is 24.1 Å². The Hall–Kier alpha value is -2.82. The maximum Gasteiger partial charge on any atom is 0.279 e. The third kappa shape index (κ3) is 3.17. The van der Waals surface area contributed by atoms with Crippen LogP contribution in [0, 0.1) is 6.92 Å². The number of sulfonamides is 1. The molecule has 3 rings (SSSR count). The molecule has 0 aliphatic rings. The van der Waals surface area contributed by atoms with Crippen LogP contribution in [0.5, 0.6) is 0 Å². The summed E-state index contributed by atoms with van der Waals surface area (Å²) in [4.78, 5) is 4.17. The van der Waals surface area contributed by atoms with Crippen LogP contribution in [0.25, 0.3) is 11.3 Å². The lowest BCUT2D eigenvalue weighted by Crippen LogP contribution is -2.19. The predicted molar refractivity (Wildman–Crippen MR) is 90.1 cm³/mol. The number of hydrogen-bond acceptors (Lipinski definition) is 5. The minimum absolute atomic E-state index is 0.0402. The summed E-state index contributed by atoms with van der Waals surface area (Å²) in [7, 11) is -1.30. The van der Waals surface area contributed by atoms with Gasteiger partial charge in [0.25, 0.3) is 16.4 Å². The number of halogens is 2. The largest absolute Gasteiger partial charge is 0.279 e. The summed E-state index contributed by atoms with van der Waals surface area (Å²) in [6, 6.07) is 3.04. The zero-order valence-corrected chi connectivity index (χ0v) is 15.0. The first-order valence-electron chi connectivity index (χ1n) is 7.49. The van der Waals surface area contributed by atoms with E-state index < -0.39 is 27.0 Å². The normalized spacial score (nSPS) is 11.9. The molecule has 0 saturated carbocycles. The highest BCUT2D eigenvalue weighted by molar-refractivity contribution is 7.92. The van der Waals surface area contributed by atoms with Gasteiger partial charge >= 0.3 is 0 Å². The Labute approximate surface area is 148 Å². The van der Waals surface area contributed by atoms with Crippen LogP contribution in [-0.4, -0.2) is 33.0 Å². The number of pyridine rings is 1. The van der Waals surface area contributed by atoms with Gasteiger partial charge in [-0.1, -0.05) is 0 Å². The molecule has 1 N–H and O–H groups in total. The lowest BCUT2D eigenvalue weighted by Gasteiger charge is -2.12. The Morgan fingerprint density at radius 1 is 1.27 bits per heavy atom. The highest BCUT2D eigenvalue weighted by atomic mass is 32.2. The van der Waals surface area contributed by atoms with E-state index in [1.54, 1.807) is 24.0 Å². The van der Waals surface area contributed by atoms with Crippen LogP contribution in [0.15, 0.2) is 35.7 Å². The Bertz CT molecular complexity index is 1060. The molecule has 0 atom stereocenters. The molecule has 0 radical (unpaired) electrons. The van der Waals surface area contributed by atoms with Gasteiger partial charge in [-0.3, -0.25) is 19.1 Å². The average molecular weight is 382 g/mol. The van der Waals surface area contributed by atoms with Crippen molar-refractivity contribution in [3.05, 3.63) is 42.0 Å². The summed E-state index contributed by atoms with van der Waals surface area (Å²) < 4.78 is 57.1. The van der Waals surface area contributed by atoms with Gasteiger partial charge in [0.05, 0.1) is 28.8 Å². The third-order valence-electron chi connectivity index (χ3n) is 3.72. The molecule has 8 nitrogen and oxygen atoms in total. The van der Waals surface area contributed by atoms with Crippen molar-refractivity contribution in [3.63, 3.8) is 0 Å². The van der Waals surface area contributed by atoms with E-state index in [1.807, 2.05) is 0 Å². The first-order chi connectivity index (χ1) is 12.2. The van der Waals surface area contributed by atoms with E-state index in [9.17, 15) is 17.2 Å². The summed E-state index contributed by atoms with van der Waals surface area (Å²) >= 11 is 0. The van der Waals surface area contributed by atoms with Crippen LogP contribution < -0.4 is 4.72 Å². The maximum absolute atomic E-state index is 13.3. The summed E-state index contributed by atoms with van der Waals surface area (Å²) in [5, 5.41) is 7.26. The van der Waals surface area contributed by atoms with Gasteiger partial charge in [-0.05, 0) is 19.1 Å². The fourth-order valence-electron chi connectivity index (χ4n) is 2.68. The van der Waals surface area contributed by atoms with E-state index >= 15 is 0 Å². The smallest absolute Gasteiger partial charge is 0.276 e. The zero-order chi connectivity index (χ0) is 19.1. The van der Waals surface area contributed by atoms with Gasteiger partial charge in [-0.15, -0.1) is 0 Å². The van der Waals surface area contributed by atoms with Crippen molar-refractivity contribution in [2.45, 2.75) is 18.4 Å². The van der Waals surface area contributed by atoms with Crippen LogP contribution in [0.4, 0.5) is 14.5 Å². The topological polar surface area (TPSA) is 94.7 Å². The fourth-order valence-corrected chi connectivity index (χ4v) is 4.14. The third-order valence-corrected chi connectivity index (χ3v) is 5.20. The SMILES string of the molecule is Cc1nn(C)c(S(=O)(=O)Nc2cccnc2-c2cnn(C)c2)c1C(F)F. The van der Waals surface area contributed by atoms with Crippen molar-refractivity contribution in [1.82, 2.24) is 24.5 Å². The van der Waals surface area contributed by atoms with Crippen molar-refractivity contribution >= 4 is 15.7 Å². The molecule has 3 heterocycles. The first kappa shape index (κ1) is 18.0. The fraction of sp³-hybridized carbons (Fsp3) is 0.267. The van der Waals surface area contributed by atoms with Gasteiger partial charge in [0.2, 0.25) is 0 Å². The molecule has 0 amide bonds. The average Bonchev–Trinajstić information content (AvgIpc) is 3.10. The second-order valence-corrected chi connectivity index (χ2v) is 7.23. The van der Waals surface area contributed by atoms with E-state index in [0.29, 0.717) is 11.3 Å². The second-order valence-electron chi connectivity index (χ2n) is 5.64.